The third-order valence-corrected chi connectivity index (χ3v) is 6.86. The molecule has 6 heteroatoms. The van der Waals surface area contributed by atoms with E-state index in [0.29, 0.717) is 24.3 Å². The fraction of sp³-hybridized carbons (Fsp3) is 0.278. The monoisotopic (exact) mass is 343 g/mol. The van der Waals surface area contributed by atoms with Crippen LogP contribution in [0.3, 0.4) is 0 Å². The Hall–Kier alpha value is -2.34. The molecule has 2 saturated heterocycles. The number of fused-ring (bicyclic) bond motifs is 2. The van der Waals surface area contributed by atoms with Gasteiger partial charge in [-0.15, -0.1) is 0 Å². The first-order valence-electron chi connectivity index (χ1n) is 7.88. The molecule has 0 spiro atoms. The molecule has 24 heavy (non-hydrogen) atoms. The van der Waals surface area contributed by atoms with Crippen LogP contribution in [0.1, 0.15) is 16.8 Å². The zero-order valence-corrected chi connectivity index (χ0v) is 13.8. The molecule has 2 aromatic rings. The van der Waals surface area contributed by atoms with Crippen LogP contribution in [0.2, 0.25) is 0 Å². The highest BCUT2D eigenvalue weighted by Gasteiger charge is 2.50. The first kappa shape index (κ1) is 15.2. The molecule has 2 atom stereocenters. The highest BCUT2D eigenvalue weighted by molar-refractivity contribution is 7.92. The van der Waals surface area contributed by atoms with Gasteiger partial charge in [-0.2, -0.15) is 0 Å². The fourth-order valence-corrected chi connectivity index (χ4v) is 5.43. The van der Waals surface area contributed by atoms with E-state index in [4.69, 9.17) is 4.74 Å². The smallest absolute Gasteiger partial charge is 0.254 e. The number of ether oxygens (including phenoxy) is 1. The summed E-state index contributed by atoms with van der Waals surface area (Å²) in [7, 11) is -2.99. The van der Waals surface area contributed by atoms with Crippen LogP contribution < -0.4 is 4.74 Å². The summed E-state index contributed by atoms with van der Waals surface area (Å²) in [4.78, 5) is 14.3. The number of carbonyl (C=O) groups is 1. The molecule has 0 aromatic heterocycles. The van der Waals surface area contributed by atoms with Crippen molar-refractivity contribution in [3.05, 3.63) is 60.2 Å². The molecule has 2 aliphatic rings. The minimum Gasteiger partial charge on any atom is -0.457 e. The number of benzene rings is 2. The second kappa shape index (κ2) is 5.63. The lowest BCUT2D eigenvalue weighted by Crippen LogP contribution is -2.44. The van der Waals surface area contributed by atoms with Crippen LogP contribution in [0, 0.1) is 0 Å². The van der Waals surface area contributed by atoms with E-state index in [0.717, 1.165) is 5.75 Å². The second-order valence-corrected chi connectivity index (χ2v) is 8.56. The summed E-state index contributed by atoms with van der Waals surface area (Å²) in [5.74, 6) is 1.38. The van der Waals surface area contributed by atoms with Crippen molar-refractivity contribution in [2.75, 3.05) is 12.3 Å². The number of hydrogen-bond donors (Lipinski definition) is 0. The van der Waals surface area contributed by atoms with Gasteiger partial charge in [0, 0.05) is 18.2 Å². The number of rotatable bonds is 3. The summed E-state index contributed by atoms with van der Waals surface area (Å²) in [6.45, 7) is 0.314. The number of nitrogens with zero attached hydrogens (tertiary/aromatic N) is 1. The zero-order chi connectivity index (χ0) is 16.7. The van der Waals surface area contributed by atoms with Crippen LogP contribution in [0.4, 0.5) is 0 Å². The molecule has 5 nitrogen and oxygen atoms in total. The van der Waals surface area contributed by atoms with Crippen LogP contribution >= 0.6 is 0 Å². The molecular formula is C18H17NO4S. The maximum atomic E-state index is 12.6. The fourth-order valence-electron chi connectivity index (χ4n) is 3.40. The Kier molecular flexibility index (Phi) is 3.57. The van der Waals surface area contributed by atoms with E-state index in [2.05, 4.69) is 0 Å². The van der Waals surface area contributed by atoms with Gasteiger partial charge < -0.3 is 9.64 Å². The Morgan fingerprint density at radius 2 is 1.67 bits per heavy atom. The van der Waals surface area contributed by atoms with E-state index < -0.39 is 9.84 Å². The van der Waals surface area contributed by atoms with E-state index in [1.54, 1.807) is 29.2 Å². The van der Waals surface area contributed by atoms with Gasteiger partial charge in [0.05, 0.1) is 11.0 Å². The van der Waals surface area contributed by atoms with E-state index in [-0.39, 0.29) is 23.0 Å². The van der Waals surface area contributed by atoms with Crippen molar-refractivity contribution in [1.82, 2.24) is 4.90 Å². The van der Waals surface area contributed by atoms with Gasteiger partial charge in [-0.05, 0) is 42.8 Å². The highest BCUT2D eigenvalue weighted by Crippen LogP contribution is 2.34. The summed E-state index contributed by atoms with van der Waals surface area (Å²) in [5, 5.41) is -0.382. The van der Waals surface area contributed by atoms with Crippen LogP contribution in [0.15, 0.2) is 54.6 Å². The Morgan fingerprint density at radius 1 is 1.00 bits per heavy atom. The lowest BCUT2D eigenvalue weighted by molar-refractivity contribution is 0.0746. The number of likely N-dealkylation sites (tertiary alicyclic amines) is 1. The number of para-hydroxylation sites is 1. The average Bonchev–Trinajstić information content (AvgIpc) is 3.12. The van der Waals surface area contributed by atoms with E-state index in [9.17, 15) is 13.2 Å². The SMILES string of the molecule is O=C(c1ccc(Oc2ccccc2)cc1)N1CC2CC1CS2(=O)=O. The number of amides is 1. The third-order valence-electron chi connectivity index (χ3n) is 4.65. The first-order valence-corrected chi connectivity index (χ1v) is 9.60. The van der Waals surface area contributed by atoms with Crippen molar-refractivity contribution in [2.45, 2.75) is 17.7 Å². The van der Waals surface area contributed by atoms with E-state index in [1.807, 2.05) is 30.3 Å². The third kappa shape index (κ3) is 2.67. The van der Waals surface area contributed by atoms with Gasteiger partial charge >= 0.3 is 0 Å². The quantitative estimate of drug-likeness (QED) is 0.859. The van der Waals surface area contributed by atoms with Crippen molar-refractivity contribution in [3.63, 3.8) is 0 Å². The Morgan fingerprint density at radius 3 is 2.25 bits per heavy atom. The molecule has 0 radical (unpaired) electrons. The number of hydrogen-bond acceptors (Lipinski definition) is 4. The molecule has 0 N–H and O–H groups in total. The van der Waals surface area contributed by atoms with Gasteiger partial charge in [-0.3, -0.25) is 4.79 Å². The predicted octanol–water partition coefficient (Wildman–Crippen LogP) is 2.49. The molecule has 124 valence electrons. The molecule has 2 aromatic carbocycles. The molecule has 2 aliphatic heterocycles. The summed E-state index contributed by atoms with van der Waals surface area (Å²) in [5.41, 5.74) is 0.556. The molecule has 0 aliphatic carbocycles. The molecule has 1 amide bonds. The van der Waals surface area contributed by atoms with Crippen molar-refractivity contribution in [2.24, 2.45) is 0 Å². The topological polar surface area (TPSA) is 63.7 Å². The minimum absolute atomic E-state index is 0.0958. The predicted molar refractivity (Wildman–Crippen MR) is 90.0 cm³/mol. The Labute approximate surface area is 140 Å². The Balaban J connectivity index is 1.47. The van der Waals surface area contributed by atoms with Gasteiger partial charge in [0.15, 0.2) is 9.84 Å². The minimum atomic E-state index is -2.99. The van der Waals surface area contributed by atoms with Crippen molar-refractivity contribution in [1.29, 1.82) is 0 Å². The first-order chi connectivity index (χ1) is 11.5. The molecular weight excluding hydrogens is 326 g/mol. The molecule has 4 rings (SSSR count). The van der Waals surface area contributed by atoms with Gasteiger partial charge in [-0.25, -0.2) is 8.42 Å². The van der Waals surface area contributed by atoms with Gasteiger partial charge in [0.1, 0.15) is 11.5 Å². The molecule has 2 unspecified atom stereocenters. The standard InChI is InChI=1S/C18H17NO4S/c20-18(19-11-17-10-14(19)12-24(17,21)22)13-6-8-16(9-7-13)23-15-4-2-1-3-5-15/h1-9,14,17H,10-12H2. The van der Waals surface area contributed by atoms with Crippen LogP contribution in [0.5, 0.6) is 11.5 Å². The highest BCUT2D eigenvalue weighted by atomic mass is 32.2. The summed E-state index contributed by atoms with van der Waals surface area (Å²) in [6.07, 6.45) is 0.573. The largest absolute Gasteiger partial charge is 0.457 e. The molecule has 2 heterocycles. The Bertz CT molecular complexity index is 862. The van der Waals surface area contributed by atoms with Crippen LogP contribution in [-0.2, 0) is 9.84 Å². The summed E-state index contributed by atoms with van der Waals surface area (Å²) in [6, 6.07) is 16.2. The van der Waals surface area contributed by atoms with Crippen LogP contribution in [-0.4, -0.2) is 42.8 Å². The average molecular weight is 343 g/mol. The van der Waals surface area contributed by atoms with Gasteiger partial charge in [0.25, 0.3) is 5.91 Å². The lowest BCUT2D eigenvalue weighted by Gasteiger charge is -2.27. The second-order valence-electron chi connectivity index (χ2n) is 6.24. The number of carbonyl (C=O) groups excluding carboxylic acids is 1. The molecule has 2 bridgehead atoms. The maximum absolute atomic E-state index is 12.6. The van der Waals surface area contributed by atoms with Gasteiger partial charge in [0.2, 0.25) is 0 Å². The van der Waals surface area contributed by atoms with Gasteiger partial charge in [-0.1, -0.05) is 18.2 Å². The van der Waals surface area contributed by atoms with E-state index in [1.165, 1.54) is 0 Å². The maximum Gasteiger partial charge on any atom is 0.254 e. The van der Waals surface area contributed by atoms with Crippen molar-refractivity contribution >= 4 is 15.7 Å². The zero-order valence-electron chi connectivity index (χ0n) is 13.0. The molecule has 2 fully saturated rings. The number of sulfone groups is 1. The van der Waals surface area contributed by atoms with Crippen molar-refractivity contribution in [3.8, 4) is 11.5 Å². The van der Waals surface area contributed by atoms with Crippen LogP contribution in [0.25, 0.3) is 0 Å². The lowest BCUT2D eigenvalue weighted by atomic mass is 10.1. The summed E-state index contributed by atoms with van der Waals surface area (Å²) < 4.78 is 29.3. The van der Waals surface area contributed by atoms with E-state index >= 15 is 0 Å². The van der Waals surface area contributed by atoms with Crippen molar-refractivity contribution < 1.29 is 17.9 Å². The molecule has 0 saturated carbocycles. The normalized spacial score (nSPS) is 24.1. The summed E-state index contributed by atoms with van der Waals surface area (Å²) >= 11 is 0.